The first-order valence-corrected chi connectivity index (χ1v) is 5.22. The Morgan fingerprint density at radius 2 is 1.79 bits per heavy atom. The first kappa shape index (κ1) is 12.7. The Balaban J connectivity index is 2.35. The molecular weight excluding hydrogens is 255 g/mol. The summed E-state index contributed by atoms with van der Waals surface area (Å²) in [5.41, 5.74) is -0.318. The van der Waals surface area contributed by atoms with Crippen molar-refractivity contribution in [2.45, 2.75) is 6.54 Å². The molecule has 0 radical (unpaired) electrons. The molecule has 1 heterocycles. The predicted molar refractivity (Wildman–Crippen MR) is 56.4 cm³/mol. The average molecular weight is 262 g/mol. The van der Waals surface area contributed by atoms with Gasteiger partial charge in [0.25, 0.3) is 0 Å². The molecule has 0 unspecified atom stereocenters. The zero-order chi connectivity index (χ0) is 14.0. The quantitative estimate of drug-likeness (QED) is 0.689. The second kappa shape index (κ2) is 4.89. The van der Waals surface area contributed by atoms with Crippen LogP contribution >= 0.6 is 0 Å². The Hall–Kier alpha value is -2.70. The van der Waals surface area contributed by atoms with Crippen LogP contribution in [0.25, 0.3) is 0 Å². The van der Waals surface area contributed by atoms with E-state index < -0.39 is 23.4 Å². The number of carbonyl (C=O) groups is 2. The molecule has 2 rings (SSSR count). The number of carboxylic acid groups (broad SMARTS) is 2. The van der Waals surface area contributed by atoms with Crippen LogP contribution in [-0.2, 0) is 6.54 Å². The van der Waals surface area contributed by atoms with Crippen LogP contribution in [-0.4, -0.2) is 21.7 Å². The maximum Gasteiger partial charge on any atom is 0.123 e. The summed E-state index contributed by atoms with van der Waals surface area (Å²) in [6.07, 6.45) is 0. The van der Waals surface area contributed by atoms with E-state index in [2.05, 4.69) is 5.10 Å². The number of carboxylic acids is 2. The minimum Gasteiger partial charge on any atom is -0.543 e. The largest absolute Gasteiger partial charge is 0.543 e. The van der Waals surface area contributed by atoms with Crippen LogP contribution < -0.4 is 10.2 Å². The zero-order valence-corrected chi connectivity index (χ0v) is 9.50. The minimum atomic E-state index is -1.58. The molecule has 0 N–H and O–H groups in total. The summed E-state index contributed by atoms with van der Waals surface area (Å²) in [5, 5.41) is 25.1. The molecule has 0 bridgehead atoms. The monoisotopic (exact) mass is 262 g/mol. The van der Waals surface area contributed by atoms with E-state index in [1.54, 1.807) is 0 Å². The lowest BCUT2D eigenvalue weighted by molar-refractivity contribution is -0.256. The topological polar surface area (TPSA) is 98.1 Å². The molecule has 0 saturated carbocycles. The summed E-state index contributed by atoms with van der Waals surface area (Å²) >= 11 is 0. The third kappa shape index (κ3) is 2.76. The van der Waals surface area contributed by atoms with E-state index in [0.717, 1.165) is 10.7 Å². The summed E-state index contributed by atoms with van der Waals surface area (Å²) in [6.45, 7) is -0.0170. The highest BCUT2D eigenvalue weighted by molar-refractivity contribution is 5.89. The van der Waals surface area contributed by atoms with Gasteiger partial charge in [-0.3, -0.25) is 4.68 Å². The van der Waals surface area contributed by atoms with E-state index in [0.29, 0.717) is 5.56 Å². The van der Waals surface area contributed by atoms with E-state index >= 15 is 0 Å². The standard InChI is InChI=1S/C12H9FN2O4/c13-8-3-1-7(2-4-8)6-15-10(12(18)19)5-9(14-15)11(16)17/h1-5H,6H2,(H,16,17)(H,18,19)/p-2. The van der Waals surface area contributed by atoms with Crippen molar-refractivity contribution < 1.29 is 24.2 Å². The predicted octanol–water partition coefficient (Wildman–Crippen LogP) is -1.20. The van der Waals surface area contributed by atoms with Gasteiger partial charge in [0, 0.05) is 0 Å². The third-order valence-electron chi connectivity index (χ3n) is 2.44. The molecule has 1 aromatic carbocycles. The fourth-order valence-corrected chi connectivity index (χ4v) is 1.56. The van der Waals surface area contributed by atoms with Gasteiger partial charge in [-0.1, -0.05) is 12.1 Å². The molecule has 0 aliphatic heterocycles. The second-order valence-electron chi connectivity index (χ2n) is 3.77. The lowest BCUT2D eigenvalue weighted by Crippen LogP contribution is -2.26. The van der Waals surface area contributed by atoms with Gasteiger partial charge in [-0.15, -0.1) is 0 Å². The van der Waals surface area contributed by atoms with Gasteiger partial charge >= 0.3 is 0 Å². The van der Waals surface area contributed by atoms with E-state index in [1.165, 1.54) is 24.3 Å². The van der Waals surface area contributed by atoms with Crippen molar-refractivity contribution in [2.75, 3.05) is 0 Å². The van der Waals surface area contributed by atoms with Crippen LogP contribution in [0, 0.1) is 5.82 Å². The lowest BCUT2D eigenvalue weighted by Gasteiger charge is -2.07. The number of hydrogen-bond donors (Lipinski definition) is 0. The third-order valence-corrected chi connectivity index (χ3v) is 2.44. The first-order chi connectivity index (χ1) is 8.97. The smallest absolute Gasteiger partial charge is 0.123 e. The molecule has 7 heteroatoms. The highest BCUT2D eigenvalue weighted by Gasteiger charge is 2.10. The molecule has 0 amide bonds. The van der Waals surface area contributed by atoms with Crippen LogP contribution in [0.3, 0.4) is 0 Å². The van der Waals surface area contributed by atoms with Crippen molar-refractivity contribution in [3.63, 3.8) is 0 Å². The molecule has 6 nitrogen and oxygen atoms in total. The molecule has 98 valence electrons. The summed E-state index contributed by atoms with van der Waals surface area (Å²) in [7, 11) is 0. The molecule has 0 saturated heterocycles. The maximum absolute atomic E-state index is 12.7. The first-order valence-electron chi connectivity index (χ1n) is 5.22. The van der Waals surface area contributed by atoms with E-state index in [-0.39, 0.29) is 12.2 Å². The van der Waals surface area contributed by atoms with Crippen molar-refractivity contribution in [1.29, 1.82) is 0 Å². The van der Waals surface area contributed by atoms with Gasteiger partial charge in [-0.05, 0) is 23.8 Å². The number of nitrogens with zero attached hydrogens (tertiary/aromatic N) is 2. The fraction of sp³-hybridized carbons (Fsp3) is 0.0833. The van der Waals surface area contributed by atoms with Crippen molar-refractivity contribution >= 4 is 11.9 Å². The summed E-state index contributed by atoms with van der Waals surface area (Å²) in [5.74, 6) is -3.57. The molecule has 0 spiro atoms. The Kier molecular flexibility index (Phi) is 3.28. The number of aromatic nitrogens is 2. The molecule has 0 atom stereocenters. The van der Waals surface area contributed by atoms with Crippen LogP contribution in [0.4, 0.5) is 4.39 Å². The number of halogens is 1. The van der Waals surface area contributed by atoms with Crippen molar-refractivity contribution in [3.05, 3.63) is 53.1 Å². The van der Waals surface area contributed by atoms with E-state index in [4.69, 9.17) is 0 Å². The van der Waals surface area contributed by atoms with Gasteiger partial charge < -0.3 is 19.8 Å². The second-order valence-corrected chi connectivity index (χ2v) is 3.77. The minimum absolute atomic E-state index is 0.0170. The Morgan fingerprint density at radius 3 is 2.32 bits per heavy atom. The van der Waals surface area contributed by atoms with Crippen molar-refractivity contribution in [2.24, 2.45) is 0 Å². The van der Waals surface area contributed by atoms with Gasteiger partial charge in [0.2, 0.25) is 0 Å². The summed E-state index contributed by atoms with van der Waals surface area (Å²) < 4.78 is 13.7. The Bertz CT molecular complexity index is 634. The zero-order valence-electron chi connectivity index (χ0n) is 9.50. The number of carbonyl (C=O) groups excluding carboxylic acids is 2. The van der Waals surface area contributed by atoms with Crippen LogP contribution in [0.2, 0.25) is 0 Å². The average Bonchev–Trinajstić information content (AvgIpc) is 2.76. The van der Waals surface area contributed by atoms with Gasteiger partial charge in [0.15, 0.2) is 0 Å². The molecule has 2 aromatic rings. The number of aromatic carboxylic acids is 2. The van der Waals surface area contributed by atoms with Gasteiger partial charge in [0.05, 0.1) is 24.2 Å². The lowest BCUT2D eigenvalue weighted by atomic mass is 10.2. The Labute approximate surface area is 106 Å². The molecule has 1 aromatic heterocycles. The van der Waals surface area contributed by atoms with Crippen LogP contribution in [0.1, 0.15) is 26.5 Å². The van der Waals surface area contributed by atoms with E-state index in [9.17, 15) is 24.2 Å². The van der Waals surface area contributed by atoms with Gasteiger partial charge in [-0.2, -0.15) is 5.10 Å². The molecule has 0 aliphatic carbocycles. The van der Waals surface area contributed by atoms with Gasteiger partial charge in [0.1, 0.15) is 11.5 Å². The van der Waals surface area contributed by atoms with Crippen LogP contribution in [0.5, 0.6) is 0 Å². The highest BCUT2D eigenvalue weighted by Crippen LogP contribution is 2.09. The Morgan fingerprint density at radius 1 is 1.16 bits per heavy atom. The van der Waals surface area contributed by atoms with E-state index in [1.807, 2.05) is 0 Å². The normalized spacial score (nSPS) is 10.4. The molecule has 0 fully saturated rings. The fourth-order valence-electron chi connectivity index (χ4n) is 1.56. The number of rotatable bonds is 4. The molecular formula is C12H7FN2O4-2. The van der Waals surface area contributed by atoms with Crippen molar-refractivity contribution in [1.82, 2.24) is 9.78 Å². The maximum atomic E-state index is 12.7. The number of benzene rings is 1. The molecule has 19 heavy (non-hydrogen) atoms. The SMILES string of the molecule is O=C([O-])c1cc(C(=O)[O-])n(Cc2ccc(F)cc2)n1. The van der Waals surface area contributed by atoms with Crippen LogP contribution in [0.15, 0.2) is 30.3 Å². The summed E-state index contributed by atoms with van der Waals surface area (Å²) in [4.78, 5) is 21.5. The summed E-state index contributed by atoms with van der Waals surface area (Å²) in [6, 6.07) is 6.14. The van der Waals surface area contributed by atoms with Gasteiger partial charge in [-0.25, -0.2) is 4.39 Å². The number of hydrogen-bond acceptors (Lipinski definition) is 5. The molecule has 0 aliphatic rings. The highest BCUT2D eigenvalue weighted by atomic mass is 19.1. The van der Waals surface area contributed by atoms with Crippen molar-refractivity contribution in [3.8, 4) is 0 Å².